The second-order valence-electron chi connectivity index (χ2n) is 5.90. The van der Waals surface area contributed by atoms with Crippen LogP contribution >= 0.6 is 0 Å². The van der Waals surface area contributed by atoms with Crippen molar-refractivity contribution in [2.75, 3.05) is 13.1 Å². The Morgan fingerprint density at radius 3 is 1.93 bits per heavy atom. The third-order valence-corrected chi connectivity index (χ3v) is 3.66. The fraction of sp³-hybridized carbons (Fsp3) is 0.923. The number of hydrogen-bond donors (Lipinski definition) is 0. The lowest BCUT2D eigenvalue weighted by Crippen LogP contribution is -2.54. The molecule has 2 nitrogen and oxygen atoms in total. The van der Waals surface area contributed by atoms with E-state index < -0.39 is 0 Å². The molecule has 88 valence electrons. The van der Waals surface area contributed by atoms with Gasteiger partial charge in [0.25, 0.3) is 0 Å². The van der Waals surface area contributed by atoms with Gasteiger partial charge in [-0.3, -0.25) is 9.69 Å². The van der Waals surface area contributed by atoms with E-state index in [1.165, 1.54) is 12.8 Å². The second kappa shape index (κ2) is 4.25. The second-order valence-corrected chi connectivity index (χ2v) is 5.90. The van der Waals surface area contributed by atoms with Crippen molar-refractivity contribution >= 4 is 5.78 Å². The first-order chi connectivity index (χ1) is 6.82. The van der Waals surface area contributed by atoms with Crippen LogP contribution in [0.2, 0.25) is 0 Å². The van der Waals surface area contributed by atoms with E-state index in [2.05, 4.69) is 18.7 Å². The predicted octanol–water partition coefficient (Wildman–Crippen LogP) is 2.87. The van der Waals surface area contributed by atoms with Crippen LogP contribution in [0.5, 0.6) is 0 Å². The Hall–Kier alpha value is -0.370. The molecule has 0 aromatic carbocycles. The molecule has 0 aliphatic carbocycles. The summed E-state index contributed by atoms with van der Waals surface area (Å²) in [7, 11) is 0. The Labute approximate surface area is 94.0 Å². The minimum Gasteiger partial charge on any atom is -0.297 e. The van der Waals surface area contributed by atoms with Crippen molar-refractivity contribution in [2.45, 2.75) is 59.4 Å². The van der Waals surface area contributed by atoms with E-state index in [1.54, 1.807) is 0 Å². The first-order valence-corrected chi connectivity index (χ1v) is 6.12. The van der Waals surface area contributed by atoms with E-state index >= 15 is 0 Å². The highest BCUT2D eigenvalue weighted by atomic mass is 16.1. The molecule has 0 spiro atoms. The van der Waals surface area contributed by atoms with Crippen molar-refractivity contribution < 1.29 is 4.79 Å². The van der Waals surface area contributed by atoms with Crippen LogP contribution in [0.1, 0.15) is 53.9 Å². The largest absolute Gasteiger partial charge is 0.297 e. The van der Waals surface area contributed by atoms with E-state index in [0.29, 0.717) is 5.78 Å². The third-order valence-electron chi connectivity index (χ3n) is 3.66. The molecule has 1 fully saturated rings. The molecule has 15 heavy (non-hydrogen) atoms. The maximum atomic E-state index is 12.5. The Morgan fingerprint density at radius 2 is 1.60 bits per heavy atom. The van der Waals surface area contributed by atoms with Crippen LogP contribution in [0.15, 0.2) is 0 Å². The summed E-state index contributed by atoms with van der Waals surface area (Å²) in [5.41, 5.74) is -0.470. The highest BCUT2D eigenvalue weighted by Crippen LogP contribution is 2.32. The SMILES string of the molecule is CCC(C)(C(=O)C(C)(C)C)N1CCCC1. The molecule has 1 rings (SSSR count). The number of Topliss-reactive ketones (excluding diaryl/α,β-unsaturated/α-hetero) is 1. The standard InChI is InChI=1S/C13H25NO/c1-6-13(5,11(15)12(2,3)4)14-9-7-8-10-14/h6-10H2,1-5H3. The summed E-state index contributed by atoms with van der Waals surface area (Å²) in [6.07, 6.45) is 3.41. The molecule has 1 unspecified atom stereocenters. The highest BCUT2D eigenvalue weighted by molar-refractivity contribution is 5.92. The van der Waals surface area contributed by atoms with Gasteiger partial charge in [-0.25, -0.2) is 0 Å². The smallest absolute Gasteiger partial charge is 0.158 e. The summed E-state index contributed by atoms with van der Waals surface area (Å²) in [5, 5.41) is 0. The predicted molar refractivity (Wildman–Crippen MR) is 64.0 cm³/mol. The number of nitrogens with zero attached hydrogens (tertiary/aromatic N) is 1. The molecule has 0 saturated carbocycles. The Morgan fingerprint density at radius 1 is 1.13 bits per heavy atom. The minimum atomic E-state index is -0.241. The van der Waals surface area contributed by atoms with Crippen molar-refractivity contribution in [3.05, 3.63) is 0 Å². The molecule has 0 N–H and O–H groups in total. The number of rotatable bonds is 3. The van der Waals surface area contributed by atoms with Gasteiger partial charge >= 0.3 is 0 Å². The molecule has 1 atom stereocenters. The van der Waals surface area contributed by atoms with Gasteiger partial charge in [0.1, 0.15) is 0 Å². The van der Waals surface area contributed by atoms with E-state index in [1.807, 2.05) is 20.8 Å². The first kappa shape index (κ1) is 12.7. The molecule has 1 saturated heterocycles. The van der Waals surface area contributed by atoms with Crippen molar-refractivity contribution in [3.63, 3.8) is 0 Å². The minimum absolute atomic E-state index is 0.229. The highest BCUT2D eigenvalue weighted by Gasteiger charge is 2.43. The normalized spacial score (nSPS) is 22.7. The van der Waals surface area contributed by atoms with Gasteiger partial charge in [0.05, 0.1) is 5.54 Å². The number of hydrogen-bond acceptors (Lipinski definition) is 2. The molecule has 0 aromatic rings. The molecule has 1 aliphatic rings. The van der Waals surface area contributed by atoms with Crippen molar-refractivity contribution in [2.24, 2.45) is 5.41 Å². The molecule has 0 aromatic heterocycles. The first-order valence-electron chi connectivity index (χ1n) is 6.12. The van der Waals surface area contributed by atoms with Crippen LogP contribution in [0, 0.1) is 5.41 Å². The summed E-state index contributed by atoms with van der Waals surface area (Å²) >= 11 is 0. The Kier molecular flexibility index (Phi) is 3.59. The van der Waals surface area contributed by atoms with Gasteiger partial charge in [-0.1, -0.05) is 27.7 Å². The van der Waals surface area contributed by atoms with Gasteiger partial charge < -0.3 is 0 Å². The van der Waals surface area contributed by atoms with Crippen molar-refractivity contribution in [1.82, 2.24) is 4.90 Å². The third kappa shape index (κ3) is 2.41. The average molecular weight is 211 g/mol. The Balaban J connectivity index is 2.88. The van der Waals surface area contributed by atoms with Crippen molar-refractivity contribution in [1.29, 1.82) is 0 Å². The monoisotopic (exact) mass is 211 g/mol. The van der Waals surface area contributed by atoms with Gasteiger partial charge in [0.2, 0.25) is 0 Å². The van der Waals surface area contributed by atoms with Gasteiger partial charge in [0.15, 0.2) is 5.78 Å². The van der Waals surface area contributed by atoms with Crippen molar-refractivity contribution in [3.8, 4) is 0 Å². The van der Waals surface area contributed by atoms with Crippen LogP contribution < -0.4 is 0 Å². The lowest BCUT2D eigenvalue weighted by atomic mass is 9.77. The summed E-state index contributed by atoms with van der Waals surface area (Å²) in [6, 6.07) is 0. The zero-order chi connectivity index (χ0) is 11.7. The van der Waals surface area contributed by atoms with Crippen LogP contribution in [0.3, 0.4) is 0 Å². The molecule has 0 bridgehead atoms. The van der Waals surface area contributed by atoms with Crippen LogP contribution in [0.25, 0.3) is 0 Å². The fourth-order valence-electron chi connectivity index (χ4n) is 2.55. The number of likely N-dealkylation sites (tertiary alicyclic amines) is 1. The van der Waals surface area contributed by atoms with E-state index in [9.17, 15) is 4.79 Å². The number of carbonyl (C=O) groups is 1. The maximum absolute atomic E-state index is 12.5. The molecular weight excluding hydrogens is 186 g/mol. The van der Waals surface area contributed by atoms with Gasteiger partial charge in [0, 0.05) is 5.41 Å². The van der Waals surface area contributed by atoms with Crippen LogP contribution in [-0.2, 0) is 4.79 Å². The molecule has 0 amide bonds. The Bertz CT molecular complexity index is 235. The van der Waals surface area contributed by atoms with E-state index in [4.69, 9.17) is 0 Å². The lowest BCUT2D eigenvalue weighted by molar-refractivity contribution is -0.138. The zero-order valence-electron chi connectivity index (χ0n) is 10.9. The summed E-state index contributed by atoms with van der Waals surface area (Å²) < 4.78 is 0. The summed E-state index contributed by atoms with van der Waals surface area (Å²) in [6.45, 7) is 12.5. The molecular formula is C13H25NO. The topological polar surface area (TPSA) is 20.3 Å². The van der Waals surface area contributed by atoms with Gasteiger partial charge in [-0.2, -0.15) is 0 Å². The number of carbonyl (C=O) groups excluding carboxylic acids is 1. The fourth-order valence-corrected chi connectivity index (χ4v) is 2.55. The lowest BCUT2D eigenvalue weighted by Gasteiger charge is -2.40. The maximum Gasteiger partial charge on any atom is 0.158 e. The van der Waals surface area contributed by atoms with Crippen LogP contribution in [-0.4, -0.2) is 29.3 Å². The average Bonchev–Trinajstić information content (AvgIpc) is 2.67. The molecule has 1 heterocycles. The van der Waals surface area contributed by atoms with Gasteiger partial charge in [-0.05, 0) is 39.3 Å². The quantitative estimate of drug-likeness (QED) is 0.715. The summed E-state index contributed by atoms with van der Waals surface area (Å²) in [4.78, 5) is 14.8. The molecule has 0 radical (unpaired) electrons. The zero-order valence-corrected chi connectivity index (χ0v) is 10.9. The van der Waals surface area contributed by atoms with Gasteiger partial charge in [-0.15, -0.1) is 0 Å². The van der Waals surface area contributed by atoms with Crippen LogP contribution in [0.4, 0.5) is 0 Å². The van der Waals surface area contributed by atoms with E-state index in [0.717, 1.165) is 19.5 Å². The van der Waals surface area contributed by atoms with E-state index in [-0.39, 0.29) is 11.0 Å². The molecule has 2 heteroatoms. The summed E-state index contributed by atoms with van der Waals surface area (Å²) in [5.74, 6) is 0.388. The molecule has 1 aliphatic heterocycles. The number of ketones is 1.